The molecule has 0 aromatic heterocycles. The minimum atomic E-state index is -0.709. The Bertz CT molecular complexity index is 898. The summed E-state index contributed by atoms with van der Waals surface area (Å²) in [5, 5.41) is 10.0. The zero-order chi connectivity index (χ0) is 23.8. The molecule has 1 N–H and O–H groups in total. The van der Waals surface area contributed by atoms with Crippen LogP contribution in [0.25, 0.3) is 0 Å². The summed E-state index contributed by atoms with van der Waals surface area (Å²) in [6, 6.07) is 18.2. The van der Waals surface area contributed by atoms with E-state index in [1.54, 1.807) is 25.7 Å². The average molecular weight is 455 g/mol. The topological polar surface area (TPSA) is 79.3 Å². The second kappa shape index (κ2) is 11.3. The molecule has 3 rings (SSSR count). The van der Waals surface area contributed by atoms with Crippen molar-refractivity contribution in [2.75, 3.05) is 26.3 Å². The number of hydrogen-bond acceptors (Lipinski definition) is 5. The number of rotatable bonds is 8. The lowest BCUT2D eigenvalue weighted by Crippen LogP contribution is -2.63. The van der Waals surface area contributed by atoms with Crippen LogP contribution >= 0.6 is 0 Å². The number of hydrogen-bond donors (Lipinski definition) is 1. The first-order chi connectivity index (χ1) is 15.8. The van der Waals surface area contributed by atoms with E-state index in [0.717, 1.165) is 11.1 Å². The molecule has 0 radical (unpaired) electrons. The van der Waals surface area contributed by atoms with Gasteiger partial charge in [-0.1, -0.05) is 60.7 Å². The van der Waals surface area contributed by atoms with Gasteiger partial charge in [-0.05, 0) is 31.9 Å². The first-order valence-corrected chi connectivity index (χ1v) is 11.3. The van der Waals surface area contributed by atoms with Gasteiger partial charge >= 0.3 is 6.09 Å². The molecule has 1 aliphatic heterocycles. The van der Waals surface area contributed by atoms with Gasteiger partial charge in [0.1, 0.15) is 11.6 Å². The molecule has 2 aromatic carbocycles. The number of nitrogens with zero attached hydrogens (tertiary/aromatic N) is 2. The van der Waals surface area contributed by atoms with Gasteiger partial charge in [0.25, 0.3) is 0 Å². The van der Waals surface area contributed by atoms with Gasteiger partial charge in [0, 0.05) is 19.5 Å². The number of piperazine rings is 1. The second-order valence-corrected chi connectivity index (χ2v) is 9.25. The van der Waals surface area contributed by atoms with E-state index in [9.17, 15) is 14.7 Å². The van der Waals surface area contributed by atoms with Crippen molar-refractivity contribution in [3.63, 3.8) is 0 Å². The Hall–Kier alpha value is -2.90. The number of benzene rings is 2. The Labute approximate surface area is 195 Å². The summed E-state index contributed by atoms with van der Waals surface area (Å²) in [6.45, 7) is 6.45. The standard InChI is InChI=1S/C26H34N2O5/c1-26(2,3)33-25(31)28-15-14-27(24(30)23(28)16-20-10-6-4-7-11-20)22(17-29)19-32-18-21-12-8-5-9-13-21/h4-13,22-23,29H,14-19H2,1-3H3/t22-,23+/m1/s1. The molecule has 2 aromatic rings. The van der Waals surface area contributed by atoms with Crippen LogP contribution in [0.15, 0.2) is 60.7 Å². The monoisotopic (exact) mass is 454 g/mol. The van der Waals surface area contributed by atoms with E-state index in [-0.39, 0.29) is 19.1 Å². The highest BCUT2D eigenvalue weighted by Gasteiger charge is 2.41. The third-order valence-corrected chi connectivity index (χ3v) is 5.50. The zero-order valence-corrected chi connectivity index (χ0v) is 19.6. The molecule has 1 aliphatic rings. The van der Waals surface area contributed by atoms with Crippen molar-refractivity contribution in [3.05, 3.63) is 71.8 Å². The van der Waals surface area contributed by atoms with Crippen LogP contribution in [-0.4, -0.2) is 70.9 Å². The van der Waals surface area contributed by atoms with Crippen LogP contribution in [0.5, 0.6) is 0 Å². The number of aliphatic hydroxyl groups is 1. The Morgan fingerprint density at radius 1 is 1.03 bits per heavy atom. The van der Waals surface area contributed by atoms with Gasteiger partial charge in [-0.2, -0.15) is 0 Å². The largest absolute Gasteiger partial charge is 0.444 e. The van der Waals surface area contributed by atoms with E-state index >= 15 is 0 Å². The van der Waals surface area contributed by atoms with Crippen LogP contribution in [0.2, 0.25) is 0 Å². The van der Waals surface area contributed by atoms with E-state index in [2.05, 4.69) is 0 Å². The SMILES string of the molecule is CC(C)(C)OC(=O)N1CCN([C@H](CO)COCc2ccccc2)C(=O)[C@@H]1Cc1ccccc1. The van der Waals surface area contributed by atoms with Crippen LogP contribution in [0.3, 0.4) is 0 Å². The van der Waals surface area contributed by atoms with Gasteiger partial charge in [-0.25, -0.2) is 4.79 Å². The molecule has 178 valence electrons. The maximum absolute atomic E-state index is 13.6. The molecule has 1 saturated heterocycles. The van der Waals surface area contributed by atoms with Crippen molar-refractivity contribution in [1.29, 1.82) is 0 Å². The Kier molecular flexibility index (Phi) is 8.47. The highest BCUT2D eigenvalue weighted by molar-refractivity contribution is 5.87. The minimum Gasteiger partial charge on any atom is -0.444 e. The van der Waals surface area contributed by atoms with Gasteiger partial charge in [-0.15, -0.1) is 0 Å². The van der Waals surface area contributed by atoms with Crippen LogP contribution in [0.4, 0.5) is 4.79 Å². The van der Waals surface area contributed by atoms with E-state index < -0.39 is 23.8 Å². The number of ether oxygens (including phenoxy) is 2. The summed E-state index contributed by atoms with van der Waals surface area (Å²) >= 11 is 0. The summed E-state index contributed by atoms with van der Waals surface area (Å²) in [6.07, 6.45) is -0.129. The van der Waals surface area contributed by atoms with Crippen LogP contribution in [0.1, 0.15) is 31.9 Å². The van der Waals surface area contributed by atoms with E-state index in [1.807, 2.05) is 60.7 Å². The first-order valence-electron chi connectivity index (χ1n) is 11.3. The molecule has 0 unspecified atom stereocenters. The summed E-state index contributed by atoms with van der Waals surface area (Å²) in [4.78, 5) is 29.6. The summed E-state index contributed by atoms with van der Waals surface area (Å²) < 4.78 is 11.4. The van der Waals surface area contributed by atoms with Crippen molar-refractivity contribution < 1.29 is 24.2 Å². The molecule has 0 bridgehead atoms. The van der Waals surface area contributed by atoms with Crippen LogP contribution in [0, 0.1) is 0 Å². The van der Waals surface area contributed by atoms with E-state index in [4.69, 9.17) is 9.47 Å². The van der Waals surface area contributed by atoms with E-state index in [1.165, 1.54) is 4.90 Å². The molecular formula is C26H34N2O5. The Morgan fingerprint density at radius 2 is 1.64 bits per heavy atom. The molecule has 2 amide bonds. The maximum atomic E-state index is 13.6. The van der Waals surface area contributed by atoms with Crippen molar-refractivity contribution in [2.45, 2.75) is 51.5 Å². The van der Waals surface area contributed by atoms with Crippen molar-refractivity contribution in [2.24, 2.45) is 0 Å². The highest BCUT2D eigenvalue weighted by atomic mass is 16.6. The summed E-state index contributed by atoms with van der Waals surface area (Å²) in [7, 11) is 0. The number of carbonyl (C=O) groups excluding carboxylic acids is 2. The quantitative estimate of drug-likeness (QED) is 0.662. The highest BCUT2D eigenvalue weighted by Crippen LogP contribution is 2.22. The van der Waals surface area contributed by atoms with Gasteiger partial charge < -0.3 is 19.5 Å². The molecule has 0 spiro atoms. The Morgan fingerprint density at radius 3 is 2.21 bits per heavy atom. The number of carbonyl (C=O) groups is 2. The molecule has 2 atom stereocenters. The zero-order valence-electron chi connectivity index (χ0n) is 19.6. The predicted octanol–water partition coefficient (Wildman–Crippen LogP) is 3.25. The van der Waals surface area contributed by atoms with Crippen molar-refractivity contribution >= 4 is 12.0 Å². The first kappa shape index (κ1) is 24.7. The lowest BCUT2D eigenvalue weighted by molar-refractivity contribution is -0.147. The maximum Gasteiger partial charge on any atom is 0.411 e. The molecule has 7 heteroatoms. The lowest BCUT2D eigenvalue weighted by Gasteiger charge is -2.43. The molecule has 33 heavy (non-hydrogen) atoms. The Balaban J connectivity index is 1.72. The molecule has 1 heterocycles. The predicted molar refractivity (Wildman–Crippen MR) is 126 cm³/mol. The third kappa shape index (κ3) is 7.04. The molecule has 1 fully saturated rings. The second-order valence-electron chi connectivity index (χ2n) is 9.25. The van der Waals surface area contributed by atoms with Crippen molar-refractivity contribution in [1.82, 2.24) is 9.80 Å². The average Bonchev–Trinajstić information content (AvgIpc) is 2.79. The van der Waals surface area contributed by atoms with Gasteiger partial charge in [0.15, 0.2) is 0 Å². The smallest absolute Gasteiger partial charge is 0.411 e. The third-order valence-electron chi connectivity index (χ3n) is 5.50. The summed E-state index contributed by atoms with van der Waals surface area (Å²) in [5.74, 6) is -0.210. The minimum absolute atomic E-state index is 0.210. The molecule has 7 nitrogen and oxygen atoms in total. The van der Waals surface area contributed by atoms with Gasteiger partial charge in [-0.3, -0.25) is 9.69 Å². The number of aliphatic hydroxyl groups excluding tert-OH is 1. The molecule has 0 saturated carbocycles. The van der Waals surface area contributed by atoms with Crippen LogP contribution < -0.4 is 0 Å². The summed E-state index contributed by atoms with van der Waals surface area (Å²) in [5.41, 5.74) is 1.32. The fourth-order valence-electron chi connectivity index (χ4n) is 3.87. The van der Waals surface area contributed by atoms with Crippen molar-refractivity contribution in [3.8, 4) is 0 Å². The number of amides is 2. The normalized spacial score (nSPS) is 17.7. The van der Waals surface area contributed by atoms with Gasteiger partial charge in [0.2, 0.25) is 5.91 Å². The lowest BCUT2D eigenvalue weighted by atomic mass is 10.0. The van der Waals surface area contributed by atoms with E-state index in [0.29, 0.717) is 26.1 Å². The fourth-order valence-corrected chi connectivity index (χ4v) is 3.87. The van der Waals surface area contributed by atoms with Gasteiger partial charge in [0.05, 0.1) is 25.9 Å². The van der Waals surface area contributed by atoms with Crippen LogP contribution in [-0.2, 0) is 27.3 Å². The molecular weight excluding hydrogens is 420 g/mol. The molecule has 0 aliphatic carbocycles. The fraction of sp³-hybridized carbons (Fsp3) is 0.462.